The Morgan fingerprint density at radius 3 is 1.08 bits per heavy atom. The minimum atomic E-state index is -1.52. The monoisotopic (exact) mass is 1100 g/mol. The van der Waals surface area contributed by atoms with Gasteiger partial charge < -0.3 is 28.5 Å². The molecule has 0 heterocycles. The summed E-state index contributed by atoms with van der Waals surface area (Å²) < 4.78 is 22.9. The van der Waals surface area contributed by atoms with Crippen LogP contribution in [0, 0.1) is 0 Å². The van der Waals surface area contributed by atoms with Crippen LogP contribution in [0.3, 0.4) is 0 Å². The summed E-state index contributed by atoms with van der Waals surface area (Å²) >= 11 is 0. The number of ether oxygens (including phenoxy) is 4. The molecule has 0 bridgehead atoms. The summed E-state index contributed by atoms with van der Waals surface area (Å²) in [6.45, 7) is 4.73. The molecule has 0 aromatic carbocycles. The Kier molecular flexibility index (Phi) is 56.5. The van der Waals surface area contributed by atoms with Gasteiger partial charge in [0, 0.05) is 12.8 Å². The van der Waals surface area contributed by atoms with Gasteiger partial charge in [-0.05, 0) is 109 Å². The van der Waals surface area contributed by atoms with Crippen molar-refractivity contribution in [2.75, 3.05) is 47.5 Å². The fraction of sp³-hybridized carbons (Fsp3) is 0.671. The summed E-state index contributed by atoms with van der Waals surface area (Å²) in [4.78, 5) is 37.5. The van der Waals surface area contributed by atoms with Crippen molar-refractivity contribution >= 4 is 17.9 Å². The Morgan fingerprint density at radius 2 is 0.722 bits per heavy atom. The Morgan fingerprint density at radius 1 is 0.392 bits per heavy atom. The van der Waals surface area contributed by atoms with E-state index in [1.165, 1.54) is 96.3 Å². The molecular weight excluding hydrogens is 983 g/mol. The zero-order chi connectivity index (χ0) is 57.6. The summed E-state index contributed by atoms with van der Waals surface area (Å²) in [7, 11) is 5.96. The van der Waals surface area contributed by atoms with Crippen LogP contribution in [0.15, 0.2) is 122 Å². The minimum Gasteiger partial charge on any atom is -0.477 e. The Balaban J connectivity index is 4.23. The summed E-state index contributed by atoms with van der Waals surface area (Å²) in [5, 5.41) is 9.72. The van der Waals surface area contributed by atoms with Crippen LogP contribution >= 0.6 is 0 Å². The van der Waals surface area contributed by atoms with E-state index >= 15 is 0 Å². The third-order valence-corrected chi connectivity index (χ3v) is 13.2. The zero-order valence-electron chi connectivity index (χ0n) is 51.2. The molecule has 1 N–H and O–H groups in total. The van der Waals surface area contributed by atoms with Crippen LogP contribution < -0.4 is 0 Å². The van der Waals surface area contributed by atoms with E-state index in [0.717, 1.165) is 116 Å². The molecule has 0 aromatic rings. The van der Waals surface area contributed by atoms with E-state index in [4.69, 9.17) is 18.9 Å². The van der Waals surface area contributed by atoms with Crippen LogP contribution in [0.25, 0.3) is 0 Å². The molecular formula is C70H118NO8+. The highest BCUT2D eigenvalue weighted by Crippen LogP contribution is 2.15. The normalized spacial score (nSPS) is 13.6. The molecule has 0 radical (unpaired) electrons. The van der Waals surface area contributed by atoms with E-state index in [1.54, 1.807) is 0 Å². The molecule has 450 valence electrons. The van der Waals surface area contributed by atoms with Crippen molar-refractivity contribution < 1.29 is 42.9 Å². The van der Waals surface area contributed by atoms with Crippen molar-refractivity contribution in [3.05, 3.63) is 122 Å². The highest BCUT2D eigenvalue weighted by molar-refractivity contribution is 5.71. The average Bonchev–Trinajstić information content (AvgIpc) is 3.42. The average molecular weight is 1100 g/mol. The van der Waals surface area contributed by atoms with Crippen molar-refractivity contribution in [2.24, 2.45) is 0 Å². The van der Waals surface area contributed by atoms with Gasteiger partial charge in [-0.15, -0.1) is 0 Å². The first-order valence-corrected chi connectivity index (χ1v) is 31.7. The van der Waals surface area contributed by atoms with Gasteiger partial charge in [-0.25, -0.2) is 4.79 Å². The van der Waals surface area contributed by atoms with Crippen molar-refractivity contribution in [2.45, 2.75) is 257 Å². The number of hydrogen-bond acceptors (Lipinski definition) is 7. The van der Waals surface area contributed by atoms with Crippen LogP contribution in [0.2, 0.25) is 0 Å². The number of carboxylic acid groups (broad SMARTS) is 1. The maximum Gasteiger partial charge on any atom is 0.361 e. The van der Waals surface area contributed by atoms with E-state index < -0.39 is 24.3 Å². The van der Waals surface area contributed by atoms with Crippen LogP contribution in [0.4, 0.5) is 0 Å². The Labute approximate surface area is 485 Å². The molecule has 0 fully saturated rings. The smallest absolute Gasteiger partial charge is 0.361 e. The molecule has 0 saturated heterocycles. The van der Waals surface area contributed by atoms with Crippen molar-refractivity contribution in [1.82, 2.24) is 0 Å². The first kappa shape index (κ1) is 74.7. The number of aliphatic carboxylic acids is 1. The molecule has 0 amide bonds. The molecule has 0 aliphatic carbocycles. The molecule has 2 atom stereocenters. The maximum absolute atomic E-state index is 12.9. The van der Waals surface area contributed by atoms with Crippen LogP contribution in [-0.2, 0) is 33.3 Å². The van der Waals surface area contributed by atoms with Crippen LogP contribution in [0.5, 0.6) is 0 Å². The lowest BCUT2D eigenvalue weighted by atomic mass is 10.0. The topological polar surface area (TPSA) is 108 Å². The predicted molar refractivity (Wildman–Crippen MR) is 336 cm³/mol. The molecule has 9 nitrogen and oxygen atoms in total. The number of carboxylic acids is 1. The SMILES string of the molecule is CC/C=C\C/C=C\C/C=C\C/C=C\C/C=C\C/C=C\C/C=C\CCCCCCCCCCCCCC(=O)OC(COC(=O)CCCCCCCC/C=C\C/C=C\C/C=C\CCCCCCC)COC(OCC[N+](C)(C)C)C(=O)O. The van der Waals surface area contributed by atoms with Crippen molar-refractivity contribution in [1.29, 1.82) is 0 Å². The highest BCUT2D eigenvalue weighted by atomic mass is 16.7. The third-order valence-electron chi connectivity index (χ3n) is 13.2. The van der Waals surface area contributed by atoms with Gasteiger partial charge in [0.15, 0.2) is 6.10 Å². The number of carbonyl (C=O) groups excluding carboxylic acids is 2. The predicted octanol–water partition coefficient (Wildman–Crippen LogP) is 19.2. The number of nitrogens with zero attached hydrogens (tertiary/aromatic N) is 1. The summed E-state index contributed by atoms with van der Waals surface area (Å²) in [6.07, 6.45) is 81.4. The lowest BCUT2D eigenvalue weighted by molar-refractivity contribution is -0.870. The molecule has 9 heteroatoms. The fourth-order valence-electron chi connectivity index (χ4n) is 8.35. The lowest BCUT2D eigenvalue weighted by Gasteiger charge is -2.25. The van der Waals surface area contributed by atoms with E-state index in [1.807, 2.05) is 21.1 Å². The standard InChI is InChI=1S/C70H117NO8/c1-6-8-10-12-14-16-18-20-22-24-26-28-29-30-31-32-33-34-35-36-37-38-39-41-43-45-47-49-51-53-55-57-59-61-68(73)79-66(65-78-70(69(74)75)76-63-62-71(3,4)5)64-77-67(72)60-58-56-54-52-50-48-46-44-42-40-27-25-23-21-19-17-15-13-11-9-7-2/h8,10,14,16,19-22,25-28,30-31,33-34,36-37,42,44,66,70H,6-7,9,11-13,15,17-18,23-24,29,32,35,38-41,43,45-65H2,1-5H3/p+1/b10-8-,16-14-,21-19-,22-20-,27-25-,28-26-,31-30-,34-33-,37-36-,44-42-. The van der Waals surface area contributed by atoms with Crippen LogP contribution in [0.1, 0.15) is 245 Å². The highest BCUT2D eigenvalue weighted by Gasteiger charge is 2.25. The minimum absolute atomic E-state index is 0.179. The van der Waals surface area contributed by atoms with Crippen molar-refractivity contribution in [3.63, 3.8) is 0 Å². The second kappa shape index (κ2) is 59.8. The summed E-state index contributed by atoms with van der Waals surface area (Å²) in [5.74, 6) is -2.03. The van der Waals surface area contributed by atoms with Gasteiger partial charge in [0.05, 0.1) is 34.4 Å². The molecule has 0 saturated carbocycles. The van der Waals surface area contributed by atoms with E-state index in [0.29, 0.717) is 17.4 Å². The largest absolute Gasteiger partial charge is 0.477 e. The number of esters is 2. The van der Waals surface area contributed by atoms with E-state index in [-0.39, 0.29) is 38.6 Å². The first-order valence-electron chi connectivity index (χ1n) is 31.7. The van der Waals surface area contributed by atoms with E-state index in [9.17, 15) is 19.5 Å². The summed E-state index contributed by atoms with van der Waals surface area (Å²) in [5.41, 5.74) is 0. The number of quaternary nitrogens is 1. The Hall–Kier alpha value is -4.31. The van der Waals surface area contributed by atoms with Gasteiger partial charge in [0.25, 0.3) is 6.29 Å². The number of carbonyl (C=O) groups is 3. The molecule has 79 heavy (non-hydrogen) atoms. The molecule has 0 rings (SSSR count). The molecule has 0 aliphatic rings. The number of allylic oxidation sites excluding steroid dienone is 20. The number of rotatable bonds is 57. The van der Waals surface area contributed by atoms with Gasteiger partial charge in [0.2, 0.25) is 0 Å². The van der Waals surface area contributed by atoms with Gasteiger partial charge in [-0.1, -0.05) is 245 Å². The molecule has 0 aromatic heterocycles. The number of likely N-dealkylation sites (N-methyl/N-ethyl adjacent to an activating group) is 1. The lowest BCUT2D eigenvalue weighted by Crippen LogP contribution is -2.40. The number of hydrogen-bond donors (Lipinski definition) is 1. The van der Waals surface area contributed by atoms with Gasteiger partial charge in [-0.2, -0.15) is 0 Å². The van der Waals surface area contributed by atoms with Gasteiger partial charge >= 0.3 is 17.9 Å². The fourth-order valence-corrected chi connectivity index (χ4v) is 8.35. The third kappa shape index (κ3) is 61.2. The Bertz CT molecular complexity index is 1710. The van der Waals surface area contributed by atoms with Gasteiger partial charge in [-0.3, -0.25) is 9.59 Å². The molecule has 2 unspecified atom stereocenters. The second-order valence-corrected chi connectivity index (χ2v) is 22.0. The first-order chi connectivity index (χ1) is 38.6. The summed E-state index contributed by atoms with van der Waals surface area (Å²) in [6, 6.07) is 0. The maximum atomic E-state index is 12.9. The number of unbranched alkanes of at least 4 members (excludes halogenated alkanes) is 22. The zero-order valence-corrected chi connectivity index (χ0v) is 51.2. The van der Waals surface area contributed by atoms with E-state index in [2.05, 4.69) is 135 Å². The van der Waals surface area contributed by atoms with Crippen LogP contribution in [-0.4, -0.2) is 87.4 Å². The molecule has 0 aliphatic heterocycles. The van der Waals surface area contributed by atoms with Crippen molar-refractivity contribution in [3.8, 4) is 0 Å². The molecule has 0 spiro atoms. The van der Waals surface area contributed by atoms with Gasteiger partial charge in [0.1, 0.15) is 13.2 Å². The quantitative estimate of drug-likeness (QED) is 0.0211. The second-order valence-electron chi connectivity index (χ2n) is 22.0.